The highest BCUT2D eigenvalue weighted by Gasteiger charge is 2.01. The lowest BCUT2D eigenvalue weighted by atomic mass is 10.1. The first-order valence-electron chi connectivity index (χ1n) is 8.42. The van der Waals surface area contributed by atoms with E-state index >= 15 is 0 Å². The van der Waals surface area contributed by atoms with Gasteiger partial charge in [-0.25, -0.2) is 0 Å². The lowest BCUT2D eigenvalue weighted by Gasteiger charge is -2.08. The molecule has 0 saturated carbocycles. The maximum Gasteiger partial charge on any atom is 0.233 e. The van der Waals surface area contributed by atoms with Gasteiger partial charge in [-0.15, -0.1) is 0 Å². The van der Waals surface area contributed by atoms with E-state index in [-0.39, 0.29) is 5.91 Å². The topological polar surface area (TPSA) is 50.4 Å². The molecule has 24 heavy (non-hydrogen) atoms. The summed E-state index contributed by atoms with van der Waals surface area (Å²) in [5.41, 5.74) is 2.49. The van der Waals surface area contributed by atoms with Crippen molar-refractivity contribution in [2.45, 2.75) is 19.3 Å². The molecule has 0 unspecified atom stereocenters. The molecule has 0 bridgehead atoms. The first-order valence-corrected chi connectivity index (χ1v) is 8.42. The van der Waals surface area contributed by atoms with Gasteiger partial charge in [-0.1, -0.05) is 42.5 Å². The van der Waals surface area contributed by atoms with Gasteiger partial charge in [0.05, 0.1) is 13.7 Å². The second-order valence-electron chi connectivity index (χ2n) is 5.72. The minimum Gasteiger partial charge on any atom is -0.497 e. The number of rotatable bonds is 10. The lowest BCUT2D eigenvalue weighted by molar-refractivity contribution is -0.120. The molecule has 0 aliphatic carbocycles. The zero-order valence-corrected chi connectivity index (χ0v) is 14.3. The molecule has 4 nitrogen and oxygen atoms in total. The molecule has 2 aromatic rings. The Morgan fingerprint density at radius 3 is 2.54 bits per heavy atom. The molecular weight excluding hydrogens is 300 g/mol. The minimum atomic E-state index is 0.0395. The molecule has 2 aromatic carbocycles. The highest BCUT2D eigenvalue weighted by molar-refractivity contribution is 5.77. The highest BCUT2D eigenvalue weighted by atomic mass is 16.5. The summed E-state index contributed by atoms with van der Waals surface area (Å²) in [5.74, 6) is 0.886. The molecule has 4 heteroatoms. The Labute approximate surface area is 144 Å². The van der Waals surface area contributed by atoms with E-state index in [2.05, 4.69) is 34.9 Å². The van der Waals surface area contributed by atoms with Gasteiger partial charge in [-0.2, -0.15) is 0 Å². The molecule has 0 fully saturated rings. The molecular formula is C20H26N2O2. The summed E-state index contributed by atoms with van der Waals surface area (Å²) >= 11 is 0. The Hall–Kier alpha value is -2.33. The van der Waals surface area contributed by atoms with Crippen LogP contribution in [-0.4, -0.2) is 32.7 Å². The first kappa shape index (κ1) is 18.0. The van der Waals surface area contributed by atoms with E-state index in [0.717, 1.165) is 37.1 Å². The summed E-state index contributed by atoms with van der Waals surface area (Å²) in [7, 11) is 1.66. The Kier molecular flexibility index (Phi) is 7.84. The Morgan fingerprint density at radius 2 is 1.75 bits per heavy atom. The fraction of sp³-hybridized carbons (Fsp3) is 0.350. The number of aryl methyl sites for hydroxylation is 1. The van der Waals surface area contributed by atoms with E-state index < -0.39 is 0 Å². The van der Waals surface area contributed by atoms with Crippen LogP contribution in [0.2, 0.25) is 0 Å². The normalized spacial score (nSPS) is 10.4. The van der Waals surface area contributed by atoms with E-state index in [0.29, 0.717) is 13.1 Å². The fourth-order valence-corrected chi connectivity index (χ4v) is 2.50. The largest absolute Gasteiger partial charge is 0.497 e. The van der Waals surface area contributed by atoms with E-state index in [1.807, 2.05) is 30.3 Å². The highest BCUT2D eigenvalue weighted by Crippen LogP contribution is 2.12. The summed E-state index contributed by atoms with van der Waals surface area (Å²) in [6.07, 6.45) is 2.86. The van der Waals surface area contributed by atoms with Gasteiger partial charge < -0.3 is 15.4 Å². The van der Waals surface area contributed by atoms with Crippen molar-refractivity contribution >= 4 is 5.91 Å². The SMILES string of the molecule is COc1cccc(CCNC(=O)CNCCCc2ccccc2)c1. The second kappa shape index (κ2) is 10.4. The number of carbonyl (C=O) groups excluding carboxylic acids is 1. The van der Waals surface area contributed by atoms with Gasteiger partial charge >= 0.3 is 0 Å². The van der Waals surface area contributed by atoms with Crippen molar-refractivity contribution in [3.63, 3.8) is 0 Å². The molecule has 2 N–H and O–H groups in total. The van der Waals surface area contributed by atoms with Crippen molar-refractivity contribution in [1.29, 1.82) is 0 Å². The van der Waals surface area contributed by atoms with Crippen LogP contribution in [0.4, 0.5) is 0 Å². The van der Waals surface area contributed by atoms with Crippen molar-refractivity contribution in [1.82, 2.24) is 10.6 Å². The van der Waals surface area contributed by atoms with Crippen molar-refractivity contribution in [3.05, 3.63) is 65.7 Å². The molecule has 0 atom stereocenters. The van der Waals surface area contributed by atoms with Gasteiger partial charge in [0, 0.05) is 6.54 Å². The van der Waals surface area contributed by atoms with Crippen LogP contribution in [0.25, 0.3) is 0 Å². The summed E-state index contributed by atoms with van der Waals surface area (Å²) < 4.78 is 5.19. The molecule has 0 saturated heterocycles. The van der Waals surface area contributed by atoms with E-state index in [9.17, 15) is 4.79 Å². The van der Waals surface area contributed by atoms with E-state index in [4.69, 9.17) is 4.74 Å². The monoisotopic (exact) mass is 326 g/mol. The Morgan fingerprint density at radius 1 is 0.958 bits per heavy atom. The van der Waals surface area contributed by atoms with Crippen molar-refractivity contribution in [2.24, 2.45) is 0 Å². The number of ether oxygens (including phenoxy) is 1. The molecule has 0 heterocycles. The molecule has 2 rings (SSSR count). The third kappa shape index (κ3) is 6.84. The van der Waals surface area contributed by atoms with Crippen LogP contribution in [0.1, 0.15) is 17.5 Å². The van der Waals surface area contributed by atoms with Crippen LogP contribution >= 0.6 is 0 Å². The zero-order chi connectivity index (χ0) is 17.0. The maximum atomic E-state index is 11.8. The van der Waals surface area contributed by atoms with Crippen molar-refractivity contribution in [2.75, 3.05) is 26.7 Å². The van der Waals surface area contributed by atoms with Gasteiger partial charge in [0.15, 0.2) is 0 Å². The average molecular weight is 326 g/mol. The zero-order valence-electron chi connectivity index (χ0n) is 14.3. The predicted octanol–water partition coefficient (Wildman–Crippen LogP) is 2.58. The molecule has 128 valence electrons. The second-order valence-corrected chi connectivity index (χ2v) is 5.72. The Bertz CT molecular complexity index is 614. The van der Waals surface area contributed by atoms with Crippen molar-refractivity contribution in [3.8, 4) is 5.75 Å². The molecule has 0 aliphatic heterocycles. The van der Waals surface area contributed by atoms with Crippen LogP contribution in [0.3, 0.4) is 0 Å². The summed E-state index contributed by atoms with van der Waals surface area (Å²) in [6, 6.07) is 18.3. The quantitative estimate of drug-likeness (QED) is 0.660. The van der Waals surface area contributed by atoms with Gasteiger partial charge in [0.25, 0.3) is 0 Å². The number of carbonyl (C=O) groups is 1. The summed E-state index contributed by atoms with van der Waals surface area (Å²) in [6.45, 7) is 1.85. The molecule has 0 radical (unpaired) electrons. The standard InChI is InChI=1S/C20H26N2O2/c1-24-19-11-5-9-18(15-19)12-14-22-20(23)16-21-13-6-10-17-7-3-2-4-8-17/h2-5,7-9,11,15,21H,6,10,12-14,16H2,1H3,(H,22,23). The number of benzene rings is 2. The fourth-order valence-electron chi connectivity index (χ4n) is 2.50. The third-order valence-electron chi connectivity index (χ3n) is 3.82. The predicted molar refractivity (Wildman–Crippen MR) is 97.3 cm³/mol. The van der Waals surface area contributed by atoms with Crippen molar-refractivity contribution < 1.29 is 9.53 Å². The smallest absolute Gasteiger partial charge is 0.233 e. The van der Waals surface area contributed by atoms with Gasteiger partial charge in [0.2, 0.25) is 5.91 Å². The Balaban J connectivity index is 1.53. The number of nitrogens with one attached hydrogen (secondary N) is 2. The average Bonchev–Trinajstić information content (AvgIpc) is 2.62. The summed E-state index contributed by atoms with van der Waals surface area (Å²) in [5, 5.41) is 6.13. The number of methoxy groups -OCH3 is 1. The van der Waals surface area contributed by atoms with Crippen LogP contribution in [0, 0.1) is 0 Å². The van der Waals surface area contributed by atoms with Crippen LogP contribution in [0.15, 0.2) is 54.6 Å². The minimum absolute atomic E-state index is 0.0395. The van der Waals surface area contributed by atoms with Crippen LogP contribution < -0.4 is 15.4 Å². The number of hydrogen-bond donors (Lipinski definition) is 2. The van der Waals surface area contributed by atoms with Crippen LogP contribution in [0.5, 0.6) is 5.75 Å². The van der Waals surface area contributed by atoms with Gasteiger partial charge in [-0.05, 0) is 49.1 Å². The van der Waals surface area contributed by atoms with E-state index in [1.165, 1.54) is 5.56 Å². The first-order chi connectivity index (χ1) is 11.8. The van der Waals surface area contributed by atoms with Gasteiger partial charge in [0.1, 0.15) is 5.75 Å². The third-order valence-corrected chi connectivity index (χ3v) is 3.82. The number of amides is 1. The maximum absolute atomic E-state index is 11.8. The van der Waals surface area contributed by atoms with E-state index in [1.54, 1.807) is 7.11 Å². The van der Waals surface area contributed by atoms with Crippen LogP contribution in [-0.2, 0) is 17.6 Å². The molecule has 0 spiro atoms. The lowest BCUT2D eigenvalue weighted by Crippen LogP contribution is -2.35. The molecule has 1 amide bonds. The van der Waals surface area contributed by atoms with Gasteiger partial charge in [-0.3, -0.25) is 4.79 Å². The summed E-state index contributed by atoms with van der Waals surface area (Å²) in [4.78, 5) is 11.8. The number of hydrogen-bond acceptors (Lipinski definition) is 3. The molecule has 0 aliphatic rings. The molecule has 0 aromatic heterocycles.